The Hall–Kier alpha value is -3.27. The summed E-state index contributed by atoms with van der Waals surface area (Å²) in [7, 11) is 0. The summed E-state index contributed by atoms with van der Waals surface area (Å²) in [6.07, 6.45) is 0. The van der Waals surface area contributed by atoms with E-state index in [1.54, 1.807) is 24.3 Å². The molecule has 0 spiro atoms. The highest BCUT2D eigenvalue weighted by atomic mass is 16.1. The van der Waals surface area contributed by atoms with Gasteiger partial charge >= 0.3 is 0 Å². The highest BCUT2D eigenvalue weighted by Crippen LogP contribution is 2.10. The molecule has 0 aliphatic carbocycles. The van der Waals surface area contributed by atoms with Crippen LogP contribution in [0.5, 0.6) is 0 Å². The minimum absolute atomic E-state index is 0.0817. The second-order valence-corrected chi connectivity index (χ2v) is 4.82. The monoisotopic (exact) mass is 305 g/mol. The number of rotatable bonds is 2. The molecule has 116 valence electrons. The van der Waals surface area contributed by atoms with Crippen molar-refractivity contribution in [2.24, 2.45) is 0 Å². The number of para-hydroxylation sites is 3. The van der Waals surface area contributed by atoms with Crippen molar-refractivity contribution in [1.29, 1.82) is 0 Å². The average molecular weight is 305 g/mol. The van der Waals surface area contributed by atoms with Gasteiger partial charge < -0.3 is 16.8 Å². The number of benzene rings is 3. The van der Waals surface area contributed by atoms with E-state index in [9.17, 15) is 4.79 Å². The van der Waals surface area contributed by atoms with E-state index in [1.165, 1.54) is 0 Å². The summed E-state index contributed by atoms with van der Waals surface area (Å²) in [4.78, 5) is 11.7. The lowest BCUT2D eigenvalue weighted by atomic mass is 10.2. The molecule has 5 N–H and O–H groups in total. The fourth-order valence-electron chi connectivity index (χ4n) is 1.83. The molecule has 0 fully saturated rings. The van der Waals surface area contributed by atoms with Crippen LogP contribution in [0.3, 0.4) is 0 Å². The number of hydrogen-bond donors (Lipinski definition) is 3. The normalized spacial score (nSPS) is 9.39. The van der Waals surface area contributed by atoms with Gasteiger partial charge in [0.1, 0.15) is 0 Å². The van der Waals surface area contributed by atoms with Crippen molar-refractivity contribution in [3.8, 4) is 0 Å². The lowest BCUT2D eigenvalue weighted by Crippen LogP contribution is -2.11. The van der Waals surface area contributed by atoms with Gasteiger partial charge in [0.2, 0.25) is 0 Å². The maximum atomic E-state index is 11.7. The van der Waals surface area contributed by atoms with Gasteiger partial charge in [-0.15, -0.1) is 0 Å². The van der Waals surface area contributed by atoms with E-state index in [4.69, 9.17) is 11.5 Å². The molecule has 0 bridgehead atoms. The van der Waals surface area contributed by atoms with Crippen LogP contribution < -0.4 is 16.8 Å². The Labute approximate surface area is 135 Å². The molecule has 3 aromatic rings. The molecule has 0 atom stereocenters. The molecular weight excluding hydrogens is 286 g/mol. The average Bonchev–Trinajstić information content (AvgIpc) is 2.60. The van der Waals surface area contributed by atoms with E-state index in [0.29, 0.717) is 16.9 Å². The van der Waals surface area contributed by atoms with E-state index in [0.717, 1.165) is 5.69 Å². The SMILES string of the molecule is Nc1ccccc1N.O=C(Nc1ccccc1)c1ccccc1. The van der Waals surface area contributed by atoms with Gasteiger partial charge in [-0.25, -0.2) is 0 Å². The number of carbonyl (C=O) groups is 1. The molecule has 0 aliphatic rings. The van der Waals surface area contributed by atoms with Crippen LogP contribution >= 0.6 is 0 Å². The summed E-state index contributed by atoms with van der Waals surface area (Å²) in [6, 6.07) is 25.8. The zero-order valence-electron chi connectivity index (χ0n) is 12.6. The van der Waals surface area contributed by atoms with Crippen molar-refractivity contribution in [3.05, 3.63) is 90.5 Å². The number of carbonyl (C=O) groups excluding carboxylic acids is 1. The van der Waals surface area contributed by atoms with Crippen molar-refractivity contribution in [3.63, 3.8) is 0 Å². The summed E-state index contributed by atoms with van der Waals surface area (Å²) < 4.78 is 0. The van der Waals surface area contributed by atoms with Crippen molar-refractivity contribution in [2.45, 2.75) is 0 Å². The molecule has 0 saturated heterocycles. The molecule has 4 nitrogen and oxygen atoms in total. The smallest absolute Gasteiger partial charge is 0.255 e. The van der Waals surface area contributed by atoms with Gasteiger partial charge in [0.25, 0.3) is 5.91 Å². The van der Waals surface area contributed by atoms with Crippen LogP contribution in [0.25, 0.3) is 0 Å². The molecule has 0 saturated carbocycles. The summed E-state index contributed by atoms with van der Waals surface area (Å²) >= 11 is 0. The first-order valence-corrected chi connectivity index (χ1v) is 7.18. The first-order chi connectivity index (χ1) is 11.2. The van der Waals surface area contributed by atoms with E-state index in [-0.39, 0.29) is 5.91 Å². The Bertz CT molecular complexity index is 722. The standard InChI is InChI=1S/C13H11NO.C6H8N2/c15-13(11-7-3-1-4-8-11)14-12-9-5-2-6-10-12;7-5-3-1-2-4-6(5)8/h1-10H,(H,14,15);1-4H,7-8H2. The Kier molecular flexibility index (Phi) is 5.77. The summed E-state index contributed by atoms with van der Waals surface area (Å²) in [5.41, 5.74) is 13.6. The number of anilines is 3. The highest BCUT2D eigenvalue weighted by molar-refractivity contribution is 6.04. The van der Waals surface area contributed by atoms with E-state index in [2.05, 4.69) is 5.32 Å². The van der Waals surface area contributed by atoms with Gasteiger partial charge in [-0.05, 0) is 36.4 Å². The van der Waals surface area contributed by atoms with Crippen LogP contribution in [0, 0.1) is 0 Å². The molecule has 3 aromatic carbocycles. The molecule has 4 heteroatoms. The van der Waals surface area contributed by atoms with Crippen LogP contribution in [0.1, 0.15) is 10.4 Å². The zero-order chi connectivity index (χ0) is 16.5. The molecule has 0 aromatic heterocycles. The predicted molar refractivity (Wildman–Crippen MR) is 96.1 cm³/mol. The number of nitrogen functional groups attached to an aromatic ring is 2. The first kappa shape index (κ1) is 16.1. The van der Waals surface area contributed by atoms with Crippen LogP contribution in [0.4, 0.5) is 17.1 Å². The lowest BCUT2D eigenvalue weighted by molar-refractivity contribution is 0.102. The minimum Gasteiger partial charge on any atom is -0.397 e. The fourth-order valence-corrected chi connectivity index (χ4v) is 1.83. The molecule has 1 amide bonds. The minimum atomic E-state index is -0.0817. The largest absolute Gasteiger partial charge is 0.397 e. The van der Waals surface area contributed by atoms with Gasteiger partial charge in [-0.1, -0.05) is 48.5 Å². The third kappa shape index (κ3) is 5.21. The zero-order valence-corrected chi connectivity index (χ0v) is 12.6. The summed E-state index contributed by atoms with van der Waals surface area (Å²) in [5.74, 6) is -0.0817. The first-order valence-electron chi connectivity index (χ1n) is 7.18. The maximum Gasteiger partial charge on any atom is 0.255 e. The Morgan fingerprint density at radius 2 is 1.09 bits per heavy atom. The number of nitrogens with two attached hydrogens (primary N) is 2. The number of hydrogen-bond acceptors (Lipinski definition) is 3. The fraction of sp³-hybridized carbons (Fsp3) is 0. The van der Waals surface area contributed by atoms with Crippen LogP contribution in [0.2, 0.25) is 0 Å². The number of nitrogens with one attached hydrogen (secondary N) is 1. The van der Waals surface area contributed by atoms with Gasteiger partial charge in [-0.2, -0.15) is 0 Å². The van der Waals surface area contributed by atoms with Crippen molar-refractivity contribution < 1.29 is 4.79 Å². The molecular formula is C19H19N3O. The van der Waals surface area contributed by atoms with Crippen LogP contribution in [-0.4, -0.2) is 5.91 Å². The summed E-state index contributed by atoms with van der Waals surface area (Å²) in [5, 5.41) is 2.82. The molecule has 23 heavy (non-hydrogen) atoms. The third-order valence-electron chi connectivity index (χ3n) is 3.06. The number of amides is 1. The van der Waals surface area contributed by atoms with E-state index in [1.807, 2.05) is 60.7 Å². The van der Waals surface area contributed by atoms with Gasteiger partial charge in [0, 0.05) is 11.3 Å². The highest BCUT2D eigenvalue weighted by Gasteiger charge is 2.03. The molecule has 0 aliphatic heterocycles. The predicted octanol–water partition coefficient (Wildman–Crippen LogP) is 3.79. The lowest BCUT2D eigenvalue weighted by Gasteiger charge is -2.03. The van der Waals surface area contributed by atoms with Crippen LogP contribution in [-0.2, 0) is 0 Å². The van der Waals surface area contributed by atoms with Gasteiger partial charge in [0.05, 0.1) is 11.4 Å². The van der Waals surface area contributed by atoms with E-state index >= 15 is 0 Å². The Balaban J connectivity index is 0.000000203. The second-order valence-electron chi connectivity index (χ2n) is 4.82. The van der Waals surface area contributed by atoms with Crippen molar-refractivity contribution >= 4 is 23.0 Å². The van der Waals surface area contributed by atoms with Gasteiger partial charge in [0.15, 0.2) is 0 Å². The van der Waals surface area contributed by atoms with Crippen molar-refractivity contribution in [1.82, 2.24) is 0 Å². The maximum absolute atomic E-state index is 11.7. The van der Waals surface area contributed by atoms with E-state index < -0.39 is 0 Å². The van der Waals surface area contributed by atoms with Crippen LogP contribution in [0.15, 0.2) is 84.9 Å². The molecule has 0 unspecified atom stereocenters. The quantitative estimate of drug-likeness (QED) is 0.630. The third-order valence-corrected chi connectivity index (χ3v) is 3.06. The molecule has 0 heterocycles. The topological polar surface area (TPSA) is 81.1 Å². The molecule has 0 radical (unpaired) electrons. The van der Waals surface area contributed by atoms with Gasteiger partial charge in [-0.3, -0.25) is 4.79 Å². The Morgan fingerprint density at radius 3 is 1.57 bits per heavy atom. The molecule has 3 rings (SSSR count). The summed E-state index contributed by atoms with van der Waals surface area (Å²) in [6.45, 7) is 0. The van der Waals surface area contributed by atoms with Crippen molar-refractivity contribution in [2.75, 3.05) is 16.8 Å². The Morgan fingerprint density at radius 1 is 0.652 bits per heavy atom. The second kappa shape index (κ2) is 8.24.